The van der Waals surface area contributed by atoms with Crippen LogP contribution in [0.25, 0.3) is 44.2 Å². The molecule has 2 aromatic carbocycles. The maximum Gasteiger partial charge on any atom is 0.221 e. The average molecular weight is 447 g/mol. The number of nitrogens with one attached hydrogen (secondary N) is 2. The lowest BCUT2D eigenvalue weighted by Crippen LogP contribution is -2.13. The summed E-state index contributed by atoms with van der Waals surface area (Å²) in [4.78, 5) is 20.6. The van der Waals surface area contributed by atoms with Gasteiger partial charge in [0.2, 0.25) is 5.91 Å². The van der Waals surface area contributed by atoms with E-state index in [-0.39, 0.29) is 5.91 Å². The van der Waals surface area contributed by atoms with Gasteiger partial charge in [0.05, 0.1) is 46.3 Å². The van der Waals surface area contributed by atoms with Gasteiger partial charge in [-0.25, -0.2) is 4.98 Å². The number of aromatic nitrogens is 4. The van der Waals surface area contributed by atoms with Crippen LogP contribution in [0.3, 0.4) is 0 Å². The fourth-order valence-electron chi connectivity index (χ4n) is 4.06. The lowest BCUT2D eigenvalue weighted by molar-refractivity contribution is -0.114. The van der Waals surface area contributed by atoms with E-state index < -0.39 is 5.41 Å². The quantitative estimate of drug-likeness (QED) is 0.374. The first kappa shape index (κ1) is 21.3. The topological polar surface area (TPSA) is 107 Å². The molecular formula is C27H22N6O. The number of carbonyl (C=O) groups is 1. The van der Waals surface area contributed by atoms with Crippen molar-refractivity contribution in [3.8, 4) is 28.5 Å². The summed E-state index contributed by atoms with van der Waals surface area (Å²) in [6.45, 7) is 5.28. The van der Waals surface area contributed by atoms with Crippen LogP contribution in [0.2, 0.25) is 0 Å². The molecule has 3 aromatic heterocycles. The molecule has 0 aliphatic carbocycles. The number of nitrogens with zero attached hydrogens (tertiary/aromatic N) is 4. The molecule has 0 aliphatic rings. The van der Waals surface area contributed by atoms with Crippen molar-refractivity contribution in [2.24, 2.45) is 0 Å². The highest BCUT2D eigenvalue weighted by atomic mass is 16.1. The van der Waals surface area contributed by atoms with Crippen molar-refractivity contribution in [1.82, 2.24) is 20.2 Å². The van der Waals surface area contributed by atoms with E-state index in [9.17, 15) is 10.1 Å². The number of anilines is 1. The van der Waals surface area contributed by atoms with Crippen LogP contribution < -0.4 is 5.32 Å². The molecule has 7 nitrogen and oxygen atoms in total. The summed E-state index contributed by atoms with van der Waals surface area (Å²) >= 11 is 0. The van der Waals surface area contributed by atoms with E-state index >= 15 is 0 Å². The molecule has 34 heavy (non-hydrogen) atoms. The Morgan fingerprint density at radius 1 is 0.971 bits per heavy atom. The Bertz CT molecular complexity index is 1590. The molecule has 0 atom stereocenters. The van der Waals surface area contributed by atoms with Crippen LogP contribution in [-0.4, -0.2) is 26.1 Å². The van der Waals surface area contributed by atoms with Crippen molar-refractivity contribution in [1.29, 1.82) is 5.26 Å². The zero-order valence-electron chi connectivity index (χ0n) is 19.0. The molecule has 0 fully saturated rings. The van der Waals surface area contributed by atoms with Crippen LogP contribution in [0, 0.1) is 11.3 Å². The van der Waals surface area contributed by atoms with Crippen LogP contribution in [0.15, 0.2) is 67.1 Å². The summed E-state index contributed by atoms with van der Waals surface area (Å²) in [6.07, 6.45) is 5.20. The number of nitriles is 1. The predicted molar refractivity (Wildman–Crippen MR) is 133 cm³/mol. The van der Waals surface area contributed by atoms with Crippen molar-refractivity contribution in [3.05, 3.63) is 72.7 Å². The molecule has 2 N–H and O–H groups in total. The van der Waals surface area contributed by atoms with Crippen molar-refractivity contribution >= 4 is 33.4 Å². The summed E-state index contributed by atoms with van der Waals surface area (Å²) in [5, 5.41) is 21.5. The van der Waals surface area contributed by atoms with Gasteiger partial charge < -0.3 is 5.32 Å². The largest absolute Gasteiger partial charge is 0.325 e. The highest BCUT2D eigenvalue weighted by Gasteiger charge is 2.20. The van der Waals surface area contributed by atoms with Crippen molar-refractivity contribution in [3.63, 3.8) is 0 Å². The normalized spacial score (nSPS) is 11.5. The number of aromatic amines is 1. The van der Waals surface area contributed by atoms with Crippen molar-refractivity contribution in [2.45, 2.75) is 26.2 Å². The standard InChI is InChI=1S/C27H22N6O/c1-16(34)31-21-10-19(12-29-13-21)18-6-9-24-22(11-18)23-14-30-33-26(23)25(32-24)17-4-7-20(8-5-17)27(2,3)15-28/h4-14H,1-3H3,(H,30,33)(H,31,34). The number of rotatable bonds is 4. The molecule has 0 bridgehead atoms. The van der Waals surface area contributed by atoms with E-state index in [2.05, 4.69) is 32.6 Å². The van der Waals surface area contributed by atoms with Gasteiger partial charge in [-0.3, -0.25) is 14.9 Å². The third-order valence-corrected chi connectivity index (χ3v) is 5.95. The molecule has 5 aromatic rings. The molecule has 0 spiro atoms. The van der Waals surface area contributed by atoms with E-state index in [4.69, 9.17) is 4.98 Å². The van der Waals surface area contributed by atoms with Crippen LogP contribution in [0.1, 0.15) is 26.3 Å². The molecule has 0 saturated heterocycles. The monoisotopic (exact) mass is 446 g/mol. The molecule has 1 amide bonds. The van der Waals surface area contributed by atoms with Gasteiger partial charge in [0.15, 0.2) is 0 Å². The molecule has 7 heteroatoms. The summed E-state index contributed by atoms with van der Waals surface area (Å²) in [6, 6.07) is 18.2. The Kier molecular flexibility index (Phi) is 5.06. The SMILES string of the molecule is CC(=O)Nc1cncc(-c2ccc3nc(-c4ccc(C(C)(C)C#N)cc4)c4[nH]ncc4c3c2)c1. The van der Waals surface area contributed by atoms with Gasteiger partial charge in [-0.1, -0.05) is 30.3 Å². The minimum atomic E-state index is -0.554. The molecule has 3 heterocycles. The zero-order valence-corrected chi connectivity index (χ0v) is 19.0. The average Bonchev–Trinajstić information content (AvgIpc) is 3.33. The van der Waals surface area contributed by atoms with E-state index in [0.29, 0.717) is 5.69 Å². The maximum absolute atomic E-state index is 11.4. The maximum atomic E-state index is 11.4. The predicted octanol–water partition coefficient (Wildman–Crippen LogP) is 5.60. The van der Waals surface area contributed by atoms with Gasteiger partial charge in [0, 0.05) is 35.0 Å². The van der Waals surface area contributed by atoms with Crippen LogP contribution in [0.4, 0.5) is 5.69 Å². The molecule has 0 unspecified atom stereocenters. The van der Waals surface area contributed by atoms with Gasteiger partial charge in [-0.15, -0.1) is 0 Å². The number of benzene rings is 2. The fraction of sp³-hybridized carbons (Fsp3) is 0.148. The minimum absolute atomic E-state index is 0.140. The second-order valence-electron chi connectivity index (χ2n) is 8.81. The number of carbonyl (C=O) groups excluding carboxylic acids is 1. The molecule has 0 radical (unpaired) electrons. The first-order valence-corrected chi connectivity index (χ1v) is 10.9. The summed E-state index contributed by atoms with van der Waals surface area (Å²) < 4.78 is 0. The Hall–Kier alpha value is -4.57. The summed E-state index contributed by atoms with van der Waals surface area (Å²) in [5.74, 6) is -0.140. The Labute approximate surface area is 196 Å². The molecular weight excluding hydrogens is 424 g/mol. The Morgan fingerprint density at radius 2 is 1.74 bits per heavy atom. The second-order valence-corrected chi connectivity index (χ2v) is 8.81. The third-order valence-electron chi connectivity index (χ3n) is 5.95. The van der Waals surface area contributed by atoms with Gasteiger partial charge in [-0.05, 0) is 43.2 Å². The van der Waals surface area contributed by atoms with E-state index in [1.165, 1.54) is 6.92 Å². The first-order valence-electron chi connectivity index (χ1n) is 10.9. The molecule has 166 valence electrons. The van der Waals surface area contributed by atoms with Gasteiger partial charge in [0.25, 0.3) is 0 Å². The summed E-state index contributed by atoms with van der Waals surface area (Å²) in [7, 11) is 0. The minimum Gasteiger partial charge on any atom is -0.325 e. The van der Waals surface area contributed by atoms with Crippen molar-refractivity contribution < 1.29 is 4.79 Å². The van der Waals surface area contributed by atoms with E-state index in [0.717, 1.165) is 49.8 Å². The van der Waals surface area contributed by atoms with Crippen molar-refractivity contribution in [2.75, 3.05) is 5.32 Å². The van der Waals surface area contributed by atoms with Crippen LogP contribution in [0.5, 0.6) is 0 Å². The second kappa shape index (κ2) is 8.09. The van der Waals surface area contributed by atoms with Gasteiger partial charge >= 0.3 is 0 Å². The number of pyridine rings is 2. The highest BCUT2D eigenvalue weighted by molar-refractivity contribution is 6.10. The summed E-state index contributed by atoms with van der Waals surface area (Å²) in [5.41, 5.74) is 6.36. The highest BCUT2D eigenvalue weighted by Crippen LogP contribution is 2.34. The number of hydrogen-bond donors (Lipinski definition) is 2. The molecule has 5 rings (SSSR count). The van der Waals surface area contributed by atoms with Gasteiger partial charge in [0.1, 0.15) is 0 Å². The van der Waals surface area contributed by atoms with Gasteiger partial charge in [-0.2, -0.15) is 10.4 Å². The molecule has 0 saturated carbocycles. The Morgan fingerprint density at radius 3 is 2.47 bits per heavy atom. The number of hydrogen-bond acceptors (Lipinski definition) is 5. The third kappa shape index (κ3) is 3.76. The Balaban J connectivity index is 1.61. The zero-order chi connectivity index (χ0) is 23.9. The van der Waals surface area contributed by atoms with E-state index in [1.54, 1.807) is 12.4 Å². The number of fused-ring (bicyclic) bond motifs is 3. The first-order chi connectivity index (χ1) is 16.4. The van der Waals surface area contributed by atoms with E-state index in [1.807, 2.05) is 62.5 Å². The van der Waals surface area contributed by atoms with Crippen LogP contribution in [-0.2, 0) is 10.2 Å². The fourth-order valence-corrected chi connectivity index (χ4v) is 4.06. The van der Waals surface area contributed by atoms with Crippen LogP contribution >= 0.6 is 0 Å². The number of H-pyrrole nitrogens is 1. The smallest absolute Gasteiger partial charge is 0.221 e. The molecule has 0 aliphatic heterocycles. The number of amides is 1. The lowest BCUT2D eigenvalue weighted by atomic mass is 9.86. The lowest BCUT2D eigenvalue weighted by Gasteiger charge is -2.16.